The first-order chi connectivity index (χ1) is 20.5. The van der Waals surface area contributed by atoms with E-state index in [0.29, 0.717) is 36.5 Å². The number of amides is 1. The van der Waals surface area contributed by atoms with Gasteiger partial charge in [0.2, 0.25) is 11.7 Å². The lowest BCUT2D eigenvalue weighted by Gasteiger charge is -2.34. The molecule has 3 atom stereocenters. The Kier molecular flexibility index (Phi) is 10.0. The quantitative estimate of drug-likeness (QED) is 0.233. The second kappa shape index (κ2) is 13.7. The number of para-hydroxylation sites is 1. The smallest absolute Gasteiger partial charge is 0.341 e. The van der Waals surface area contributed by atoms with Gasteiger partial charge in [-0.25, -0.2) is 9.78 Å². The number of carbonyl (C=O) groups excluding carboxylic acids is 3. The summed E-state index contributed by atoms with van der Waals surface area (Å²) in [5, 5.41) is 21.7. The Labute approximate surface area is 249 Å². The van der Waals surface area contributed by atoms with Crippen LogP contribution in [0.25, 0.3) is 11.1 Å². The molecule has 12 nitrogen and oxygen atoms in total. The number of aromatic hydroxyl groups is 1. The molecule has 0 saturated carbocycles. The molecule has 1 aromatic heterocycles. The molecule has 1 fully saturated rings. The normalized spacial score (nSPS) is 16.7. The van der Waals surface area contributed by atoms with Gasteiger partial charge in [0.1, 0.15) is 23.9 Å². The lowest BCUT2D eigenvalue weighted by Crippen LogP contribution is -2.56. The number of carboxylic acid groups (broad SMARTS) is 1. The molecule has 3 N–H and O–H groups in total. The average Bonchev–Trinajstić information content (AvgIpc) is 3.62. The van der Waals surface area contributed by atoms with E-state index in [9.17, 15) is 24.3 Å². The highest BCUT2D eigenvalue weighted by Crippen LogP contribution is 2.30. The minimum Gasteiger partial charge on any atom is -0.506 e. The van der Waals surface area contributed by atoms with Crippen LogP contribution in [-0.2, 0) is 14.4 Å². The van der Waals surface area contributed by atoms with Gasteiger partial charge in [-0.05, 0) is 67.6 Å². The maximum atomic E-state index is 13.7. The van der Waals surface area contributed by atoms with Gasteiger partial charge < -0.3 is 29.4 Å². The number of benzene rings is 2. The van der Waals surface area contributed by atoms with E-state index in [4.69, 9.17) is 19.0 Å². The van der Waals surface area contributed by atoms with E-state index in [0.717, 1.165) is 0 Å². The van der Waals surface area contributed by atoms with Crippen molar-refractivity contribution in [2.75, 3.05) is 19.8 Å². The minimum atomic E-state index is -1.09. The van der Waals surface area contributed by atoms with Gasteiger partial charge in [-0.2, -0.15) is 0 Å². The number of ketones is 2. The minimum absolute atomic E-state index is 0.0880. The van der Waals surface area contributed by atoms with Crippen LogP contribution in [0.1, 0.15) is 51.2 Å². The van der Waals surface area contributed by atoms with Crippen LogP contribution in [0, 0.1) is 11.8 Å². The number of hydrogen-bond donors (Lipinski definition) is 3. The molecule has 0 unspecified atom stereocenters. The number of aromatic nitrogens is 1. The Morgan fingerprint density at radius 3 is 2.23 bits per heavy atom. The van der Waals surface area contributed by atoms with E-state index in [1.807, 2.05) is 32.6 Å². The molecule has 43 heavy (non-hydrogen) atoms. The van der Waals surface area contributed by atoms with Gasteiger partial charge in [-0.15, -0.1) is 0 Å². The number of fused-ring (bicyclic) bond motifs is 1. The van der Waals surface area contributed by atoms with Crippen molar-refractivity contribution >= 4 is 34.5 Å². The first-order valence-electron chi connectivity index (χ1n) is 14.2. The van der Waals surface area contributed by atoms with Crippen LogP contribution in [0.4, 0.5) is 0 Å². The molecular weight excluding hydrogens is 558 g/mol. The summed E-state index contributed by atoms with van der Waals surface area (Å²) in [4.78, 5) is 57.1. The van der Waals surface area contributed by atoms with Crippen LogP contribution in [0.2, 0.25) is 0 Å². The number of carboxylic acids is 1. The molecule has 230 valence electrons. The molecule has 1 amide bonds. The van der Waals surface area contributed by atoms with E-state index in [1.165, 1.54) is 18.2 Å². The number of phenolic OH excluding ortho intramolecular Hbond substituents is 1. The molecule has 12 heteroatoms. The zero-order valence-corrected chi connectivity index (χ0v) is 24.6. The summed E-state index contributed by atoms with van der Waals surface area (Å²) in [5.41, 5.74) is 0.497. The number of aliphatic carboxylic acids is 1. The van der Waals surface area contributed by atoms with E-state index in [1.54, 1.807) is 24.3 Å². The molecule has 0 aliphatic carbocycles. The van der Waals surface area contributed by atoms with Crippen LogP contribution in [0.15, 0.2) is 46.9 Å². The number of oxazole rings is 1. The van der Waals surface area contributed by atoms with E-state index in [2.05, 4.69) is 10.3 Å². The van der Waals surface area contributed by atoms with Gasteiger partial charge in [0.05, 0.1) is 18.1 Å². The summed E-state index contributed by atoms with van der Waals surface area (Å²) in [5.74, 6) is -2.03. The van der Waals surface area contributed by atoms with Crippen LogP contribution < -0.4 is 14.8 Å². The summed E-state index contributed by atoms with van der Waals surface area (Å²) in [6.45, 7) is 7.18. The summed E-state index contributed by atoms with van der Waals surface area (Å²) < 4.78 is 16.4. The molecule has 1 aliphatic rings. The second-order valence-electron chi connectivity index (χ2n) is 11.2. The highest BCUT2D eigenvalue weighted by molar-refractivity contribution is 5.99. The number of hydrogen-bond acceptors (Lipinski definition) is 10. The van der Waals surface area contributed by atoms with Crippen molar-refractivity contribution in [3.8, 4) is 17.2 Å². The second-order valence-corrected chi connectivity index (χ2v) is 11.2. The van der Waals surface area contributed by atoms with Crippen LogP contribution in [0.5, 0.6) is 17.2 Å². The SMILES string of the molecule is CC(C)[C@H](NC(=O)[C@@H]1CCCN1[C@H](C(=O)c1nc2c(O)cccc2o1)C(C)C)C(=O)COc1ccc(OCC(=O)O)cc1. The van der Waals surface area contributed by atoms with E-state index >= 15 is 0 Å². The zero-order chi connectivity index (χ0) is 31.3. The number of nitrogens with zero attached hydrogens (tertiary/aromatic N) is 2. The maximum Gasteiger partial charge on any atom is 0.341 e. The van der Waals surface area contributed by atoms with Gasteiger partial charge in [-0.3, -0.25) is 19.3 Å². The summed E-state index contributed by atoms with van der Waals surface area (Å²) >= 11 is 0. The third-order valence-electron chi connectivity index (χ3n) is 7.34. The predicted octanol–water partition coefficient (Wildman–Crippen LogP) is 3.46. The molecule has 1 saturated heterocycles. The maximum absolute atomic E-state index is 13.7. The fourth-order valence-corrected chi connectivity index (χ4v) is 5.30. The molecule has 2 aromatic carbocycles. The van der Waals surface area contributed by atoms with Crippen LogP contribution in [0.3, 0.4) is 0 Å². The summed E-state index contributed by atoms with van der Waals surface area (Å²) in [6, 6.07) is 8.73. The van der Waals surface area contributed by atoms with Gasteiger partial charge in [0.25, 0.3) is 5.89 Å². The zero-order valence-electron chi connectivity index (χ0n) is 24.6. The van der Waals surface area contributed by atoms with Crippen molar-refractivity contribution in [3.05, 3.63) is 48.4 Å². The number of carbonyl (C=O) groups is 4. The Bertz CT molecular complexity index is 1460. The first kappa shape index (κ1) is 31.5. The Balaban J connectivity index is 1.42. The molecule has 3 aromatic rings. The third kappa shape index (κ3) is 7.50. The van der Waals surface area contributed by atoms with Crippen LogP contribution in [-0.4, -0.2) is 81.4 Å². The molecule has 4 rings (SSSR count). The van der Waals surface area contributed by atoms with Crippen molar-refractivity contribution in [2.45, 2.75) is 58.7 Å². The van der Waals surface area contributed by atoms with Crippen LogP contribution >= 0.6 is 0 Å². The Morgan fingerprint density at radius 1 is 1.00 bits per heavy atom. The fraction of sp³-hybridized carbons (Fsp3) is 0.452. The molecular formula is C31H37N3O9. The number of phenols is 1. The standard InChI is InChI=1S/C31H37N3O9/c1-17(2)26(23(36)15-41-19-10-12-20(13-11-19)42-16-25(37)38)32-30(40)21-7-6-14-34(21)28(18(3)4)29(39)31-33-27-22(35)8-5-9-24(27)43-31/h5,8-13,17-18,21,26,28,35H,6-7,14-16H2,1-4H3,(H,32,40)(H,37,38)/t21-,26-,28-/m0/s1. The molecule has 2 heterocycles. The van der Waals surface area contributed by atoms with Crippen molar-refractivity contribution in [1.29, 1.82) is 0 Å². The molecule has 0 spiro atoms. The predicted molar refractivity (Wildman–Crippen MR) is 155 cm³/mol. The average molecular weight is 596 g/mol. The number of ether oxygens (including phenoxy) is 2. The molecule has 1 aliphatic heterocycles. The lowest BCUT2D eigenvalue weighted by atomic mass is 9.96. The monoisotopic (exact) mass is 595 g/mol. The summed E-state index contributed by atoms with van der Waals surface area (Å²) in [6.07, 6.45) is 1.21. The highest BCUT2D eigenvalue weighted by Gasteiger charge is 2.42. The van der Waals surface area contributed by atoms with Gasteiger partial charge in [-0.1, -0.05) is 33.8 Å². The van der Waals surface area contributed by atoms with E-state index in [-0.39, 0.29) is 53.1 Å². The highest BCUT2D eigenvalue weighted by atomic mass is 16.5. The lowest BCUT2D eigenvalue weighted by molar-refractivity contribution is -0.139. The first-order valence-corrected chi connectivity index (χ1v) is 14.2. The fourth-order valence-electron chi connectivity index (χ4n) is 5.30. The van der Waals surface area contributed by atoms with Gasteiger partial charge >= 0.3 is 5.97 Å². The number of nitrogens with one attached hydrogen (secondary N) is 1. The van der Waals surface area contributed by atoms with Crippen molar-refractivity contribution in [2.24, 2.45) is 11.8 Å². The van der Waals surface area contributed by atoms with Gasteiger partial charge in [0.15, 0.2) is 23.5 Å². The van der Waals surface area contributed by atoms with Crippen molar-refractivity contribution in [3.63, 3.8) is 0 Å². The molecule has 0 radical (unpaired) electrons. The molecule has 0 bridgehead atoms. The van der Waals surface area contributed by atoms with Gasteiger partial charge in [0, 0.05) is 0 Å². The van der Waals surface area contributed by atoms with Crippen molar-refractivity contribution < 1.29 is 43.3 Å². The summed E-state index contributed by atoms with van der Waals surface area (Å²) in [7, 11) is 0. The Morgan fingerprint density at radius 2 is 1.65 bits per heavy atom. The topological polar surface area (TPSA) is 168 Å². The largest absolute Gasteiger partial charge is 0.506 e. The number of Topliss-reactive ketones (excluding diaryl/α,β-unsaturated/α-hetero) is 2. The number of rotatable bonds is 14. The van der Waals surface area contributed by atoms with E-state index < -0.39 is 30.7 Å². The third-order valence-corrected chi connectivity index (χ3v) is 7.34. The number of likely N-dealkylation sites (tertiary alicyclic amines) is 1. The van der Waals surface area contributed by atoms with Crippen molar-refractivity contribution in [1.82, 2.24) is 15.2 Å². The Hall–Kier alpha value is -4.45.